The standard InChI is InChI=1S/C12H10N2O2.2C6H6ClN/c15-10-6-7-11(12(16)8-10)14-13-9-4-2-1-3-5-9;7-5-1-3-6(8)4-2-5;7-5-2-1-3-6(8)4-5/h1-8,15-16H;2*1-4H,8H2. The SMILES string of the molecule is Nc1ccc(Cl)cc1.Nc1cccc(Cl)c1.Oc1ccc(N=Nc2ccccc2)c(O)c1. The van der Waals surface area contributed by atoms with E-state index >= 15 is 0 Å². The second-order valence-electron chi connectivity index (χ2n) is 6.32. The molecule has 0 heterocycles. The molecule has 0 aliphatic carbocycles. The van der Waals surface area contributed by atoms with E-state index in [4.69, 9.17) is 39.8 Å². The number of nitrogens with two attached hydrogens (primary N) is 2. The van der Waals surface area contributed by atoms with E-state index in [1.807, 2.05) is 24.3 Å². The lowest BCUT2D eigenvalue weighted by Crippen LogP contribution is -1.80. The average molecular weight is 469 g/mol. The van der Waals surface area contributed by atoms with Gasteiger partial charge in [-0.3, -0.25) is 0 Å². The van der Waals surface area contributed by atoms with E-state index in [1.165, 1.54) is 18.2 Å². The fourth-order valence-electron chi connectivity index (χ4n) is 2.17. The summed E-state index contributed by atoms with van der Waals surface area (Å²) in [6, 6.07) is 27.5. The second kappa shape index (κ2) is 12.8. The van der Waals surface area contributed by atoms with Crippen LogP contribution in [-0.2, 0) is 0 Å². The smallest absolute Gasteiger partial charge is 0.146 e. The fraction of sp³-hybridized carbons (Fsp3) is 0. The number of nitrogens with zero attached hydrogens (tertiary/aromatic N) is 2. The van der Waals surface area contributed by atoms with Crippen LogP contribution in [-0.4, -0.2) is 10.2 Å². The van der Waals surface area contributed by atoms with Crippen molar-refractivity contribution >= 4 is 46.0 Å². The molecule has 4 aromatic carbocycles. The minimum atomic E-state index is -0.0975. The molecule has 6 N–H and O–H groups in total. The van der Waals surface area contributed by atoms with Crippen molar-refractivity contribution in [3.8, 4) is 11.5 Å². The Morgan fingerprint density at radius 1 is 0.594 bits per heavy atom. The van der Waals surface area contributed by atoms with Crippen LogP contribution in [0.2, 0.25) is 10.0 Å². The van der Waals surface area contributed by atoms with Gasteiger partial charge < -0.3 is 21.7 Å². The van der Waals surface area contributed by atoms with Crippen LogP contribution in [0.5, 0.6) is 11.5 Å². The first kappa shape index (κ1) is 24.5. The lowest BCUT2D eigenvalue weighted by molar-refractivity contribution is 0.451. The lowest BCUT2D eigenvalue weighted by Gasteiger charge is -1.97. The summed E-state index contributed by atoms with van der Waals surface area (Å²) >= 11 is 11.1. The molecule has 0 aromatic heterocycles. The number of hydrogen-bond acceptors (Lipinski definition) is 6. The highest BCUT2D eigenvalue weighted by molar-refractivity contribution is 6.31. The van der Waals surface area contributed by atoms with Gasteiger partial charge >= 0.3 is 0 Å². The average Bonchev–Trinajstić information content (AvgIpc) is 2.77. The van der Waals surface area contributed by atoms with E-state index in [-0.39, 0.29) is 11.5 Å². The first-order chi connectivity index (χ1) is 15.3. The van der Waals surface area contributed by atoms with E-state index in [1.54, 1.807) is 54.6 Å². The van der Waals surface area contributed by atoms with Gasteiger partial charge in [0.1, 0.15) is 17.2 Å². The minimum absolute atomic E-state index is 0.00355. The van der Waals surface area contributed by atoms with Gasteiger partial charge in [-0.15, -0.1) is 5.11 Å². The monoisotopic (exact) mass is 468 g/mol. The van der Waals surface area contributed by atoms with Crippen molar-refractivity contribution in [2.24, 2.45) is 10.2 Å². The Labute approximate surface area is 196 Å². The molecule has 0 saturated carbocycles. The van der Waals surface area contributed by atoms with Gasteiger partial charge in [0.25, 0.3) is 0 Å². The van der Waals surface area contributed by atoms with Crippen molar-refractivity contribution in [2.75, 3.05) is 11.5 Å². The van der Waals surface area contributed by atoms with Gasteiger partial charge in [-0.2, -0.15) is 5.11 Å². The van der Waals surface area contributed by atoms with Crippen LogP contribution < -0.4 is 11.5 Å². The van der Waals surface area contributed by atoms with Crippen LogP contribution in [0.25, 0.3) is 0 Å². The maximum absolute atomic E-state index is 9.46. The highest BCUT2D eigenvalue weighted by Gasteiger charge is 2.00. The van der Waals surface area contributed by atoms with Crippen LogP contribution in [0.15, 0.2) is 107 Å². The molecule has 4 rings (SSSR count). The molecule has 164 valence electrons. The van der Waals surface area contributed by atoms with Gasteiger partial charge in [-0.05, 0) is 66.7 Å². The fourth-order valence-corrected chi connectivity index (χ4v) is 2.50. The van der Waals surface area contributed by atoms with E-state index in [0.29, 0.717) is 22.1 Å². The topological polar surface area (TPSA) is 117 Å². The minimum Gasteiger partial charge on any atom is -0.508 e. The number of benzene rings is 4. The van der Waals surface area contributed by atoms with Gasteiger partial charge in [0, 0.05) is 27.5 Å². The maximum atomic E-state index is 9.46. The predicted molar refractivity (Wildman–Crippen MR) is 132 cm³/mol. The molecule has 6 nitrogen and oxygen atoms in total. The molecule has 0 aliphatic heterocycles. The van der Waals surface area contributed by atoms with Crippen molar-refractivity contribution < 1.29 is 10.2 Å². The number of hydrogen-bond donors (Lipinski definition) is 4. The highest BCUT2D eigenvalue weighted by Crippen LogP contribution is 2.31. The van der Waals surface area contributed by atoms with Crippen molar-refractivity contribution in [1.82, 2.24) is 0 Å². The molecule has 0 bridgehead atoms. The highest BCUT2D eigenvalue weighted by atomic mass is 35.5. The predicted octanol–water partition coefficient (Wildman–Crippen LogP) is 7.36. The Bertz CT molecular complexity index is 1100. The first-order valence-electron chi connectivity index (χ1n) is 9.34. The zero-order valence-electron chi connectivity index (χ0n) is 16.9. The summed E-state index contributed by atoms with van der Waals surface area (Å²) in [7, 11) is 0. The van der Waals surface area contributed by atoms with E-state index < -0.39 is 0 Å². The second-order valence-corrected chi connectivity index (χ2v) is 7.19. The zero-order chi connectivity index (χ0) is 23.3. The van der Waals surface area contributed by atoms with E-state index in [2.05, 4.69) is 10.2 Å². The third-order valence-electron chi connectivity index (χ3n) is 3.71. The van der Waals surface area contributed by atoms with Gasteiger partial charge in [-0.1, -0.05) is 47.5 Å². The Morgan fingerprint density at radius 3 is 1.81 bits per heavy atom. The largest absolute Gasteiger partial charge is 0.508 e. The third-order valence-corrected chi connectivity index (χ3v) is 4.19. The Kier molecular flexibility index (Phi) is 9.84. The van der Waals surface area contributed by atoms with E-state index in [0.717, 1.165) is 10.7 Å². The number of halogens is 2. The van der Waals surface area contributed by atoms with Crippen molar-refractivity contribution in [3.05, 3.63) is 107 Å². The van der Waals surface area contributed by atoms with Crippen molar-refractivity contribution in [3.63, 3.8) is 0 Å². The van der Waals surface area contributed by atoms with Crippen molar-refractivity contribution in [2.45, 2.75) is 0 Å². The molecule has 0 radical (unpaired) electrons. The number of rotatable bonds is 2. The van der Waals surface area contributed by atoms with Crippen molar-refractivity contribution in [1.29, 1.82) is 0 Å². The summed E-state index contributed by atoms with van der Waals surface area (Å²) in [4.78, 5) is 0. The third kappa shape index (κ3) is 9.38. The molecule has 0 spiro atoms. The Morgan fingerprint density at radius 2 is 1.28 bits per heavy atom. The van der Waals surface area contributed by atoms with Gasteiger partial charge in [0.2, 0.25) is 0 Å². The molecular weight excluding hydrogens is 447 g/mol. The number of aromatic hydroxyl groups is 2. The quantitative estimate of drug-likeness (QED) is 0.181. The van der Waals surface area contributed by atoms with Crippen LogP contribution in [0.4, 0.5) is 22.7 Å². The lowest BCUT2D eigenvalue weighted by atomic mass is 10.3. The van der Waals surface area contributed by atoms with Gasteiger partial charge in [0.15, 0.2) is 0 Å². The normalized spacial score (nSPS) is 9.94. The van der Waals surface area contributed by atoms with Gasteiger partial charge in [0.05, 0.1) is 5.69 Å². The van der Waals surface area contributed by atoms with Crippen LogP contribution in [0.3, 0.4) is 0 Å². The van der Waals surface area contributed by atoms with Crippen LogP contribution in [0, 0.1) is 0 Å². The van der Waals surface area contributed by atoms with E-state index in [9.17, 15) is 5.11 Å². The Hall–Kier alpha value is -3.74. The molecule has 0 atom stereocenters. The molecule has 32 heavy (non-hydrogen) atoms. The van der Waals surface area contributed by atoms with Crippen LogP contribution in [0.1, 0.15) is 0 Å². The number of nitrogen functional groups attached to an aromatic ring is 2. The summed E-state index contributed by atoms with van der Waals surface area (Å²) in [5.41, 5.74) is 13.2. The zero-order valence-corrected chi connectivity index (χ0v) is 18.4. The van der Waals surface area contributed by atoms with Crippen LogP contribution >= 0.6 is 23.2 Å². The molecule has 0 unspecified atom stereocenters. The molecule has 0 fully saturated rings. The molecule has 0 saturated heterocycles. The number of azo groups is 1. The number of phenolic OH excluding ortho intramolecular Hbond substituents is 2. The number of phenols is 2. The number of anilines is 2. The maximum Gasteiger partial charge on any atom is 0.146 e. The summed E-state index contributed by atoms with van der Waals surface area (Å²) in [6.07, 6.45) is 0. The molecule has 4 aromatic rings. The summed E-state index contributed by atoms with van der Waals surface area (Å²) in [6.45, 7) is 0. The summed E-state index contributed by atoms with van der Waals surface area (Å²) in [5, 5.41) is 27.8. The summed E-state index contributed by atoms with van der Waals surface area (Å²) < 4.78 is 0. The molecule has 0 amide bonds. The molecular formula is C24H22Cl2N4O2. The Balaban J connectivity index is 0.000000190. The molecule has 8 heteroatoms. The first-order valence-corrected chi connectivity index (χ1v) is 10.1. The molecule has 0 aliphatic rings. The van der Waals surface area contributed by atoms with Gasteiger partial charge in [-0.25, -0.2) is 0 Å². The summed E-state index contributed by atoms with van der Waals surface area (Å²) in [5.74, 6) is -0.101.